The number of ether oxygens (including phenoxy) is 4. The van der Waals surface area contributed by atoms with Crippen molar-refractivity contribution < 1.29 is 120 Å². The maximum absolute atomic E-state index is 14.3. The zero-order chi connectivity index (χ0) is 98.0. The van der Waals surface area contributed by atoms with Crippen LogP contribution in [-0.4, -0.2) is 213 Å². The molecule has 0 aromatic carbocycles. The molecule has 8 amide bonds. The lowest BCUT2D eigenvalue weighted by Gasteiger charge is -2.49. The number of phosphoric acid groups is 2. The number of allylic oxidation sites excluding steroid dienone is 21. The molecular formula is C94H157N9O25P2. The van der Waals surface area contributed by atoms with Crippen molar-refractivity contribution in [2.45, 2.75) is 383 Å². The minimum absolute atomic E-state index is 0.0573. The van der Waals surface area contributed by atoms with E-state index in [2.05, 4.69) is 172 Å². The molecule has 4 unspecified atom stereocenters. The molecule has 2 aliphatic rings. The molecule has 2 heterocycles. The van der Waals surface area contributed by atoms with Gasteiger partial charge in [0.1, 0.15) is 85.0 Å². The van der Waals surface area contributed by atoms with Crippen LogP contribution in [0.15, 0.2) is 128 Å². The van der Waals surface area contributed by atoms with E-state index < -0.39 is 199 Å². The number of amides is 8. The van der Waals surface area contributed by atoms with Crippen molar-refractivity contribution in [3.8, 4) is 0 Å². The molecule has 0 bridgehead atoms. The number of hydrogen-bond acceptors (Lipinski definition) is 23. The topological polar surface area (TPSA) is 530 Å². The van der Waals surface area contributed by atoms with Crippen LogP contribution in [0.25, 0.3) is 0 Å². The van der Waals surface area contributed by atoms with E-state index in [1.165, 1.54) is 75.7 Å². The summed E-state index contributed by atoms with van der Waals surface area (Å²) < 4.78 is 66.6. The number of aliphatic hydroxyl groups excluding tert-OH is 4. The normalized spacial score (nSPS) is 22.4. The van der Waals surface area contributed by atoms with Crippen LogP contribution < -0.4 is 48.7 Å². The summed E-state index contributed by atoms with van der Waals surface area (Å²) in [5.41, 5.74) is 25.9. The third-order valence-corrected chi connectivity index (χ3v) is 24.7. The van der Waals surface area contributed by atoms with Crippen LogP contribution in [0.1, 0.15) is 285 Å². The van der Waals surface area contributed by atoms with Crippen LogP contribution in [-0.2, 0) is 84.6 Å². The fraction of sp³-hybridized carbons (Fsp3) is 0.670. The Balaban J connectivity index is 2.12. The molecule has 130 heavy (non-hydrogen) atoms. The summed E-state index contributed by atoms with van der Waals surface area (Å²) in [6.45, 7) is 30.1. The van der Waals surface area contributed by atoms with E-state index >= 15 is 0 Å². The fourth-order valence-electron chi connectivity index (χ4n) is 14.1. The minimum Gasteiger partial charge on any atom is -0.480 e. The number of hydrogen-bond donors (Lipinski definition) is 16. The smallest absolute Gasteiger partial charge is 0.480 e. The van der Waals surface area contributed by atoms with Crippen LogP contribution in [0.3, 0.4) is 0 Å². The van der Waals surface area contributed by atoms with E-state index in [-0.39, 0.29) is 19.4 Å². The molecule has 34 nitrogen and oxygen atoms in total. The SMILES string of the molecule is CC(=O)N[C@H]1[C@H](O[C@H]2[C@H](OC(C)C(=O)N[C@@H](C)C(=O)N[C@H](CCC(N)=O)C(=O)N[C@@H](CCCCN)C(=O)N[C@H](C)C(=O)N[C@H](C)C(=O)O)[C@@H](NC(C)=O)C(OP(=O)(O)OP(=O)(O)OC/C=C(\C)CC/C=C(\C)CC/C=C(\C)CC/C=C(\C)CC/C=C(\C)CC/C=C(\C)CC/C=C(\C)CC/C=C(\C)CC/C=C(\C)CC/C=C(\C)CCC=C(C)C)O[C@@H]2CO)O[C@H](CO)[C@@H](O)[C@@H]1O. The number of carbonyl (C=O) groups is 9. The van der Waals surface area contributed by atoms with Gasteiger partial charge in [0, 0.05) is 20.3 Å². The lowest BCUT2D eigenvalue weighted by Crippen LogP contribution is -2.70. The second kappa shape index (κ2) is 63.5. The van der Waals surface area contributed by atoms with Crippen molar-refractivity contribution in [3.05, 3.63) is 128 Å². The van der Waals surface area contributed by atoms with Crippen molar-refractivity contribution in [1.29, 1.82) is 0 Å². The molecule has 36 heteroatoms. The van der Waals surface area contributed by atoms with Gasteiger partial charge < -0.3 is 103 Å². The lowest BCUT2D eigenvalue weighted by molar-refractivity contribution is -0.331. The van der Waals surface area contributed by atoms with Gasteiger partial charge in [-0.05, 0) is 271 Å². The molecule has 0 aromatic heterocycles. The summed E-state index contributed by atoms with van der Waals surface area (Å²) in [4.78, 5) is 140. The van der Waals surface area contributed by atoms with Gasteiger partial charge in [0.25, 0.3) is 0 Å². The lowest BCUT2D eigenvalue weighted by atomic mass is 9.94. The van der Waals surface area contributed by atoms with Gasteiger partial charge >= 0.3 is 21.6 Å². The van der Waals surface area contributed by atoms with Gasteiger partial charge in [0.15, 0.2) is 12.6 Å². The van der Waals surface area contributed by atoms with E-state index in [4.69, 9.17) is 39.5 Å². The number of aliphatic carboxylic acids is 1. The van der Waals surface area contributed by atoms with Gasteiger partial charge in [-0.15, -0.1) is 0 Å². The number of carboxylic acid groups (broad SMARTS) is 1. The summed E-state index contributed by atoms with van der Waals surface area (Å²) in [6, 6.07) is -11.0. The molecule has 0 spiro atoms. The first-order chi connectivity index (χ1) is 61.1. The third kappa shape index (κ3) is 50.4. The molecule has 2 saturated heterocycles. The highest BCUT2D eigenvalue weighted by atomic mass is 31.3. The molecule has 2 rings (SSSR count). The number of rotatable bonds is 63. The maximum Gasteiger partial charge on any atom is 0.483 e. The van der Waals surface area contributed by atoms with E-state index in [1.807, 2.05) is 6.92 Å². The van der Waals surface area contributed by atoms with Gasteiger partial charge in [0.2, 0.25) is 47.3 Å². The van der Waals surface area contributed by atoms with Gasteiger partial charge in [-0.25, -0.2) is 9.13 Å². The van der Waals surface area contributed by atoms with Crippen LogP contribution >= 0.6 is 15.6 Å². The van der Waals surface area contributed by atoms with Crippen LogP contribution in [0.5, 0.6) is 0 Å². The number of nitrogens with one attached hydrogen (secondary N) is 7. The molecule has 2 aliphatic heterocycles. The fourth-order valence-corrected chi connectivity index (χ4v) is 16.2. The largest absolute Gasteiger partial charge is 0.483 e. The minimum atomic E-state index is -5.95. The first kappa shape index (κ1) is 118. The molecular weight excluding hydrogens is 1720 g/mol. The van der Waals surface area contributed by atoms with Gasteiger partial charge in [0.05, 0.1) is 19.8 Å². The Hall–Kier alpha value is -7.73. The number of nitrogens with two attached hydrogens (primary N) is 2. The zero-order valence-electron chi connectivity index (χ0n) is 80.1. The van der Waals surface area contributed by atoms with Crippen molar-refractivity contribution >= 4 is 68.9 Å². The van der Waals surface area contributed by atoms with Crippen molar-refractivity contribution in [3.63, 3.8) is 0 Å². The first-order valence-corrected chi connectivity index (χ1v) is 48.5. The molecule has 738 valence electrons. The highest BCUT2D eigenvalue weighted by Crippen LogP contribution is 2.61. The van der Waals surface area contributed by atoms with E-state index in [1.54, 1.807) is 6.92 Å². The third-order valence-electron chi connectivity index (χ3n) is 22.1. The monoisotopic (exact) mass is 1870 g/mol. The zero-order valence-corrected chi connectivity index (χ0v) is 81.9. The molecule has 18 N–H and O–H groups in total. The van der Waals surface area contributed by atoms with Crippen LogP contribution in [0.4, 0.5) is 0 Å². The van der Waals surface area contributed by atoms with E-state index in [9.17, 15) is 87.6 Å². The summed E-state index contributed by atoms with van der Waals surface area (Å²) in [5.74, 6) is -9.09. The average molecular weight is 1880 g/mol. The summed E-state index contributed by atoms with van der Waals surface area (Å²) in [6.07, 6.45) is 27.1. The predicted molar refractivity (Wildman–Crippen MR) is 501 cm³/mol. The second-order valence-electron chi connectivity index (χ2n) is 34.8. The van der Waals surface area contributed by atoms with E-state index in [0.717, 1.165) is 149 Å². The van der Waals surface area contributed by atoms with Gasteiger partial charge in [-0.2, -0.15) is 4.31 Å². The number of primary amides is 1. The Morgan fingerprint density at radius 1 is 0.415 bits per heavy atom. The Kier molecular flexibility index (Phi) is 57.8. The highest BCUT2D eigenvalue weighted by molar-refractivity contribution is 7.61. The van der Waals surface area contributed by atoms with Crippen LogP contribution in [0.2, 0.25) is 0 Å². The Morgan fingerprint density at radius 3 is 1.15 bits per heavy atom. The Morgan fingerprint density at radius 2 is 0.769 bits per heavy atom. The van der Waals surface area contributed by atoms with Crippen molar-refractivity contribution in [2.24, 2.45) is 11.5 Å². The number of carbonyl (C=O) groups excluding carboxylic acids is 8. The molecule has 0 aliphatic carbocycles. The molecule has 2 fully saturated rings. The van der Waals surface area contributed by atoms with Gasteiger partial charge in [-0.1, -0.05) is 128 Å². The first-order valence-electron chi connectivity index (χ1n) is 45.5. The number of aliphatic hydroxyl groups is 4. The van der Waals surface area contributed by atoms with Crippen LogP contribution in [0, 0.1) is 0 Å². The number of carboxylic acids is 1. The van der Waals surface area contributed by atoms with E-state index in [0.29, 0.717) is 19.3 Å². The van der Waals surface area contributed by atoms with Gasteiger partial charge in [-0.3, -0.25) is 52.2 Å². The Bertz CT molecular complexity index is 4070. The summed E-state index contributed by atoms with van der Waals surface area (Å²) in [5, 5.41) is 69.0. The molecule has 18 atom stereocenters. The summed E-state index contributed by atoms with van der Waals surface area (Å²) >= 11 is 0. The quantitative estimate of drug-likeness (QED) is 0.0153. The second-order valence-corrected chi connectivity index (χ2v) is 37.8. The van der Waals surface area contributed by atoms with Crippen molar-refractivity contribution in [1.82, 2.24) is 37.2 Å². The number of unbranched alkanes of at least 4 members (excludes halogenated alkanes) is 1. The standard InChI is InChI=1S/C94H157N9O25P2/c1-59(2)31-21-32-60(3)33-22-34-61(4)35-23-36-62(5)37-24-38-63(6)39-25-40-64(7)41-26-42-65(8)43-27-44-66(9)45-28-46-67(10)47-29-48-68(11)49-30-50-69(12)54-56-122-129(118,119)128-130(120,121)127-94-82(101-75(18)107)86(85(79(58-105)125-94)126-93-81(100-74(17)106)84(110)83(109)78(57-104)124-93)123-73(16)89(113)97-71(14)88(112)102-77(52-53-80(96)108)91(115)103-76(51-19-20-55-95)90(114)98-70(13)87(111)99-72(15)92(116)117/h31,33,35,37,39,41,43,45,47,49,54,70-73,76-79,81-86,93-94,104-105,109-110H,19-30,32,34,36,38,40,42,44,46,48,50-53,55-58,95H2,1-18H3,(H2,96,108)(H,97,113)(H,98,114)(H,99,111)(H,100,106)(H,101,107)(H,102,112)(H,103,115)(H,116,117)(H,118,119)(H,120,121)/b60-33+,61-35+,62-37+,63-39+,64-41+,65-43+,66-45+,67-47+,68-49+,69-54+/t70-,71+,72-,73?,76+,77-,78-,79-,81-,82-,83-,84-,85-,86-,93+,94?/m1/s1. The number of phosphoric ester groups is 2. The predicted octanol–water partition coefficient (Wildman–Crippen LogP) is 11.8. The van der Waals surface area contributed by atoms with Crippen molar-refractivity contribution in [2.75, 3.05) is 26.4 Å². The molecule has 0 aromatic rings. The average Bonchev–Trinajstić information content (AvgIpc) is 0.768. The Labute approximate surface area is 771 Å². The summed E-state index contributed by atoms with van der Waals surface area (Å²) in [7, 11) is -11.5. The molecule has 0 radical (unpaired) electrons. The maximum atomic E-state index is 14.3. The molecule has 0 saturated carbocycles. The highest BCUT2D eigenvalue weighted by Gasteiger charge is 2.55.